The van der Waals surface area contributed by atoms with E-state index in [0.29, 0.717) is 6.04 Å². The Morgan fingerprint density at radius 3 is 2.47 bits per heavy atom. The Kier molecular flexibility index (Phi) is 6.95. The van der Waals surface area contributed by atoms with E-state index in [2.05, 4.69) is 50.4 Å². The molecule has 17 heavy (non-hydrogen) atoms. The molecule has 0 spiro atoms. The molecule has 0 heterocycles. The van der Waals surface area contributed by atoms with Crippen LogP contribution in [0.4, 0.5) is 0 Å². The SMILES string of the molecule is CCCCCCCN[C@@H](C)c1ccccc1C. The van der Waals surface area contributed by atoms with Gasteiger partial charge in [0, 0.05) is 6.04 Å². The molecule has 1 heteroatoms. The Labute approximate surface area is 107 Å². The lowest BCUT2D eigenvalue weighted by Gasteiger charge is -2.16. The summed E-state index contributed by atoms with van der Waals surface area (Å²) in [7, 11) is 0. The van der Waals surface area contributed by atoms with Crippen molar-refractivity contribution in [1.29, 1.82) is 0 Å². The average molecular weight is 233 g/mol. The molecule has 1 N–H and O–H groups in total. The van der Waals surface area contributed by atoms with Crippen LogP contribution in [-0.4, -0.2) is 6.54 Å². The normalized spacial score (nSPS) is 12.6. The Morgan fingerprint density at radius 2 is 1.76 bits per heavy atom. The topological polar surface area (TPSA) is 12.0 Å². The predicted molar refractivity (Wildman–Crippen MR) is 76.4 cm³/mol. The number of nitrogens with one attached hydrogen (secondary N) is 1. The van der Waals surface area contributed by atoms with Crippen LogP contribution in [0.5, 0.6) is 0 Å². The van der Waals surface area contributed by atoms with E-state index in [4.69, 9.17) is 0 Å². The van der Waals surface area contributed by atoms with Gasteiger partial charge in [-0.3, -0.25) is 0 Å². The predicted octanol–water partition coefficient (Wildman–Crippen LogP) is 4.62. The van der Waals surface area contributed by atoms with Crippen LogP contribution in [0.2, 0.25) is 0 Å². The van der Waals surface area contributed by atoms with E-state index in [1.54, 1.807) is 0 Å². The molecule has 1 nitrogen and oxygen atoms in total. The molecule has 1 aromatic carbocycles. The van der Waals surface area contributed by atoms with E-state index in [1.165, 1.54) is 43.2 Å². The number of aryl methyl sites for hydroxylation is 1. The van der Waals surface area contributed by atoms with Crippen LogP contribution in [0.15, 0.2) is 24.3 Å². The van der Waals surface area contributed by atoms with E-state index < -0.39 is 0 Å². The highest BCUT2D eigenvalue weighted by Crippen LogP contribution is 2.16. The summed E-state index contributed by atoms with van der Waals surface area (Å²) in [5, 5.41) is 3.62. The zero-order valence-electron chi connectivity index (χ0n) is 11.6. The second kappa shape index (κ2) is 8.30. The minimum atomic E-state index is 0.474. The minimum Gasteiger partial charge on any atom is -0.310 e. The van der Waals surface area contributed by atoms with Gasteiger partial charge in [0.15, 0.2) is 0 Å². The van der Waals surface area contributed by atoms with Crippen molar-refractivity contribution in [2.24, 2.45) is 0 Å². The molecule has 0 aliphatic carbocycles. The van der Waals surface area contributed by atoms with Gasteiger partial charge in [0.05, 0.1) is 0 Å². The summed E-state index contributed by atoms with van der Waals surface area (Å²) in [5.41, 5.74) is 2.82. The first-order chi connectivity index (χ1) is 8.25. The van der Waals surface area contributed by atoms with Crippen LogP contribution in [0.3, 0.4) is 0 Å². The van der Waals surface area contributed by atoms with Gasteiger partial charge in [0.25, 0.3) is 0 Å². The molecule has 0 bridgehead atoms. The molecular formula is C16H27N. The fraction of sp³-hybridized carbons (Fsp3) is 0.625. The number of hydrogen-bond acceptors (Lipinski definition) is 1. The summed E-state index contributed by atoms with van der Waals surface area (Å²) < 4.78 is 0. The molecule has 0 saturated carbocycles. The fourth-order valence-corrected chi connectivity index (χ4v) is 2.23. The summed E-state index contributed by atoms with van der Waals surface area (Å²) in [6, 6.07) is 9.12. The molecule has 0 aliphatic heterocycles. The number of hydrogen-bond donors (Lipinski definition) is 1. The van der Waals surface area contributed by atoms with Gasteiger partial charge in [0.1, 0.15) is 0 Å². The van der Waals surface area contributed by atoms with Gasteiger partial charge in [-0.05, 0) is 37.9 Å². The second-order valence-corrected chi connectivity index (χ2v) is 4.95. The van der Waals surface area contributed by atoms with E-state index >= 15 is 0 Å². The van der Waals surface area contributed by atoms with Gasteiger partial charge in [-0.1, -0.05) is 56.9 Å². The molecule has 96 valence electrons. The zero-order valence-corrected chi connectivity index (χ0v) is 11.6. The van der Waals surface area contributed by atoms with Crippen molar-refractivity contribution in [3.8, 4) is 0 Å². The largest absolute Gasteiger partial charge is 0.310 e. The zero-order chi connectivity index (χ0) is 12.5. The Bertz CT molecular complexity index is 306. The summed E-state index contributed by atoms with van der Waals surface area (Å²) in [4.78, 5) is 0. The summed E-state index contributed by atoms with van der Waals surface area (Å²) in [6.45, 7) is 7.85. The molecule has 0 radical (unpaired) electrons. The van der Waals surface area contributed by atoms with Crippen molar-refractivity contribution in [1.82, 2.24) is 5.32 Å². The second-order valence-electron chi connectivity index (χ2n) is 4.95. The van der Waals surface area contributed by atoms with Crippen molar-refractivity contribution in [2.45, 2.75) is 58.9 Å². The molecule has 1 aromatic rings. The molecule has 0 aliphatic rings. The molecule has 1 rings (SSSR count). The maximum Gasteiger partial charge on any atom is 0.0294 e. The molecule has 0 fully saturated rings. The van der Waals surface area contributed by atoms with Crippen molar-refractivity contribution >= 4 is 0 Å². The maximum atomic E-state index is 3.62. The van der Waals surface area contributed by atoms with Crippen molar-refractivity contribution in [3.05, 3.63) is 35.4 Å². The first-order valence-electron chi connectivity index (χ1n) is 7.04. The average Bonchev–Trinajstić information content (AvgIpc) is 2.34. The van der Waals surface area contributed by atoms with E-state index in [0.717, 1.165) is 6.54 Å². The third-order valence-electron chi connectivity index (χ3n) is 3.39. The van der Waals surface area contributed by atoms with Crippen LogP contribution in [0.25, 0.3) is 0 Å². The van der Waals surface area contributed by atoms with E-state index in [-0.39, 0.29) is 0 Å². The molecule has 0 unspecified atom stereocenters. The van der Waals surface area contributed by atoms with Crippen LogP contribution >= 0.6 is 0 Å². The number of benzene rings is 1. The summed E-state index contributed by atoms with van der Waals surface area (Å²) >= 11 is 0. The van der Waals surface area contributed by atoms with Crippen molar-refractivity contribution in [2.75, 3.05) is 6.54 Å². The number of rotatable bonds is 8. The van der Waals surface area contributed by atoms with Crippen LogP contribution < -0.4 is 5.32 Å². The first-order valence-corrected chi connectivity index (χ1v) is 7.04. The number of unbranched alkanes of at least 4 members (excludes halogenated alkanes) is 4. The highest BCUT2D eigenvalue weighted by atomic mass is 14.9. The van der Waals surface area contributed by atoms with Gasteiger partial charge in [0.2, 0.25) is 0 Å². The first kappa shape index (κ1) is 14.2. The van der Waals surface area contributed by atoms with Gasteiger partial charge in [-0.25, -0.2) is 0 Å². The van der Waals surface area contributed by atoms with Gasteiger partial charge < -0.3 is 5.32 Å². The van der Waals surface area contributed by atoms with E-state index in [1.807, 2.05) is 0 Å². The third-order valence-corrected chi connectivity index (χ3v) is 3.39. The highest BCUT2D eigenvalue weighted by molar-refractivity contribution is 5.28. The third kappa shape index (κ3) is 5.36. The lowest BCUT2D eigenvalue weighted by atomic mass is 10.0. The molecule has 0 amide bonds. The van der Waals surface area contributed by atoms with Gasteiger partial charge in [-0.2, -0.15) is 0 Å². The molecule has 1 atom stereocenters. The smallest absolute Gasteiger partial charge is 0.0294 e. The Balaban J connectivity index is 2.21. The van der Waals surface area contributed by atoms with Crippen LogP contribution in [0, 0.1) is 6.92 Å². The Hall–Kier alpha value is -0.820. The standard InChI is InChI=1S/C16H27N/c1-4-5-6-7-10-13-17-15(3)16-12-9-8-11-14(16)2/h8-9,11-12,15,17H,4-7,10,13H2,1-3H3/t15-/m0/s1. The Morgan fingerprint density at radius 1 is 1.06 bits per heavy atom. The quantitative estimate of drug-likeness (QED) is 0.646. The summed E-state index contributed by atoms with van der Waals surface area (Å²) in [5.74, 6) is 0. The highest BCUT2D eigenvalue weighted by Gasteiger charge is 2.05. The van der Waals surface area contributed by atoms with Crippen LogP contribution in [0.1, 0.15) is 63.1 Å². The monoisotopic (exact) mass is 233 g/mol. The lowest BCUT2D eigenvalue weighted by molar-refractivity contribution is 0.530. The van der Waals surface area contributed by atoms with Crippen molar-refractivity contribution < 1.29 is 0 Å². The van der Waals surface area contributed by atoms with Crippen LogP contribution in [-0.2, 0) is 0 Å². The lowest BCUT2D eigenvalue weighted by Crippen LogP contribution is -2.20. The van der Waals surface area contributed by atoms with E-state index in [9.17, 15) is 0 Å². The van der Waals surface area contributed by atoms with Crippen molar-refractivity contribution in [3.63, 3.8) is 0 Å². The van der Waals surface area contributed by atoms with Gasteiger partial charge >= 0.3 is 0 Å². The molecular weight excluding hydrogens is 206 g/mol. The minimum absolute atomic E-state index is 0.474. The maximum absolute atomic E-state index is 3.62. The van der Waals surface area contributed by atoms with Gasteiger partial charge in [-0.15, -0.1) is 0 Å². The fourth-order valence-electron chi connectivity index (χ4n) is 2.23. The molecule has 0 aromatic heterocycles. The summed E-state index contributed by atoms with van der Waals surface area (Å²) in [6.07, 6.45) is 6.76. The molecule has 0 saturated heterocycles.